The highest BCUT2D eigenvalue weighted by molar-refractivity contribution is 7.88. The molecule has 1 aromatic rings. The lowest BCUT2D eigenvalue weighted by Crippen LogP contribution is -2.52. The fourth-order valence-electron chi connectivity index (χ4n) is 1.71. The lowest BCUT2D eigenvalue weighted by molar-refractivity contribution is 0.446. The summed E-state index contributed by atoms with van der Waals surface area (Å²) in [7, 11) is -1.58. The van der Waals surface area contributed by atoms with Crippen LogP contribution in [0.25, 0.3) is 0 Å². The molecular weight excluding hydrogens is 310 g/mol. The van der Waals surface area contributed by atoms with Crippen molar-refractivity contribution in [3.05, 3.63) is 16.1 Å². The van der Waals surface area contributed by atoms with E-state index in [1.165, 1.54) is 0 Å². The van der Waals surface area contributed by atoms with Crippen LogP contribution in [-0.4, -0.2) is 44.7 Å². The lowest BCUT2D eigenvalue weighted by atomic mass is 10.1. The summed E-state index contributed by atoms with van der Waals surface area (Å²) in [5.74, 6) is 0.603. The number of guanidine groups is 1. The van der Waals surface area contributed by atoms with Gasteiger partial charge in [-0.3, -0.25) is 4.99 Å². The van der Waals surface area contributed by atoms with E-state index in [-0.39, 0.29) is 0 Å². The Balaban J connectivity index is 2.48. The highest BCUT2D eigenvalue weighted by atomic mass is 32.2. The standard InChI is InChI=1S/C12H23N5O2S2/c1-9-6-14-10(20-9)7-15-11(13-4)16-8-12(2,3)17-21(5,18)19/h6,17H,7-8H2,1-5H3,(H2,13,15,16). The summed E-state index contributed by atoms with van der Waals surface area (Å²) in [5.41, 5.74) is -0.608. The largest absolute Gasteiger partial charge is 0.355 e. The summed E-state index contributed by atoms with van der Waals surface area (Å²) in [6.07, 6.45) is 2.98. The Morgan fingerprint density at radius 2 is 2.10 bits per heavy atom. The second kappa shape index (κ2) is 7.19. The third kappa shape index (κ3) is 7.39. The maximum atomic E-state index is 11.3. The van der Waals surface area contributed by atoms with Gasteiger partial charge in [-0.15, -0.1) is 11.3 Å². The van der Waals surface area contributed by atoms with Gasteiger partial charge in [0.2, 0.25) is 10.0 Å². The number of hydrogen-bond acceptors (Lipinski definition) is 5. The van der Waals surface area contributed by atoms with Crippen molar-refractivity contribution in [1.82, 2.24) is 20.3 Å². The van der Waals surface area contributed by atoms with Crippen molar-refractivity contribution in [3.63, 3.8) is 0 Å². The first kappa shape index (κ1) is 17.9. The fourth-order valence-corrected chi connectivity index (χ4v) is 3.51. The summed E-state index contributed by atoms with van der Waals surface area (Å²) in [4.78, 5) is 9.52. The maximum Gasteiger partial charge on any atom is 0.209 e. The molecule has 0 radical (unpaired) electrons. The van der Waals surface area contributed by atoms with Gasteiger partial charge in [-0.05, 0) is 20.8 Å². The van der Waals surface area contributed by atoms with Gasteiger partial charge < -0.3 is 10.6 Å². The van der Waals surface area contributed by atoms with Crippen LogP contribution in [0.3, 0.4) is 0 Å². The molecule has 0 saturated heterocycles. The van der Waals surface area contributed by atoms with Gasteiger partial charge in [-0.2, -0.15) is 0 Å². The number of nitrogens with zero attached hydrogens (tertiary/aromatic N) is 2. The third-order valence-corrected chi connectivity index (χ3v) is 4.30. The van der Waals surface area contributed by atoms with E-state index in [2.05, 4.69) is 25.3 Å². The molecule has 1 aromatic heterocycles. The van der Waals surface area contributed by atoms with E-state index >= 15 is 0 Å². The molecule has 3 N–H and O–H groups in total. The zero-order valence-corrected chi connectivity index (χ0v) is 14.7. The highest BCUT2D eigenvalue weighted by Gasteiger charge is 2.22. The van der Waals surface area contributed by atoms with Crippen LogP contribution >= 0.6 is 11.3 Å². The monoisotopic (exact) mass is 333 g/mol. The van der Waals surface area contributed by atoms with Gasteiger partial charge in [0.1, 0.15) is 5.01 Å². The normalized spacial score (nSPS) is 13.3. The minimum absolute atomic E-state index is 0.413. The van der Waals surface area contributed by atoms with Crippen molar-refractivity contribution in [2.24, 2.45) is 4.99 Å². The second-order valence-corrected chi connectivity index (χ2v) is 8.47. The van der Waals surface area contributed by atoms with E-state index in [1.54, 1.807) is 32.2 Å². The molecule has 7 nitrogen and oxygen atoms in total. The van der Waals surface area contributed by atoms with E-state index < -0.39 is 15.6 Å². The summed E-state index contributed by atoms with van der Waals surface area (Å²) in [6.45, 7) is 6.61. The maximum absolute atomic E-state index is 11.3. The molecule has 0 aliphatic rings. The first-order valence-corrected chi connectivity index (χ1v) is 9.17. The van der Waals surface area contributed by atoms with Crippen LogP contribution in [0.2, 0.25) is 0 Å². The molecule has 0 aromatic carbocycles. The van der Waals surface area contributed by atoms with Crippen molar-refractivity contribution in [1.29, 1.82) is 0 Å². The Morgan fingerprint density at radius 3 is 2.57 bits per heavy atom. The van der Waals surface area contributed by atoms with Crippen molar-refractivity contribution in [3.8, 4) is 0 Å². The molecule has 0 atom stereocenters. The van der Waals surface area contributed by atoms with Crippen LogP contribution in [0.1, 0.15) is 23.7 Å². The minimum Gasteiger partial charge on any atom is -0.355 e. The van der Waals surface area contributed by atoms with Gasteiger partial charge in [-0.1, -0.05) is 0 Å². The molecule has 120 valence electrons. The number of thiazole rings is 1. The Bertz CT molecular complexity index is 593. The molecule has 0 aliphatic heterocycles. The molecule has 0 spiro atoms. The number of sulfonamides is 1. The Kier molecular flexibility index (Phi) is 6.11. The predicted molar refractivity (Wildman–Crippen MR) is 87.1 cm³/mol. The average molecular weight is 333 g/mol. The smallest absolute Gasteiger partial charge is 0.209 e. The van der Waals surface area contributed by atoms with Gasteiger partial charge in [-0.25, -0.2) is 18.1 Å². The van der Waals surface area contributed by atoms with Crippen LogP contribution in [0, 0.1) is 6.92 Å². The Hall–Kier alpha value is -1.19. The summed E-state index contributed by atoms with van der Waals surface area (Å²) < 4.78 is 25.1. The molecule has 0 bridgehead atoms. The number of aryl methyl sites for hydroxylation is 1. The first-order valence-electron chi connectivity index (χ1n) is 6.46. The lowest BCUT2D eigenvalue weighted by Gasteiger charge is -2.26. The molecule has 21 heavy (non-hydrogen) atoms. The van der Waals surface area contributed by atoms with Crippen LogP contribution in [0.5, 0.6) is 0 Å². The first-order chi connectivity index (χ1) is 9.61. The van der Waals surface area contributed by atoms with Crippen LogP contribution < -0.4 is 15.4 Å². The Morgan fingerprint density at radius 1 is 1.43 bits per heavy atom. The van der Waals surface area contributed by atoms with Crippen molar-refractivity contribution >= 4 is 27.3 Å². The minimum atomic E-state index is -3.25. The zero-order chi connectivity index (χ0) is 16.1. The van der Waals surface area contributed by atoms with Gasteiger partial charge in [0.25, 0.3) is 0 Å². The van der Waals surface area contributed by atoms with Crippen molar-refractivity contribution < 1.29 is 8.42 Å². The quantitative estimate of drug-likeness (QED) is 0.519. The molecule has 0 unspecified atom stereocenters. The second-order valence-electron chi connectivity index (χ2n) is 5.40. The number of hydrogen-bond donors (Lipinski definition) is 3. The van der Waals surface area contributed by atoms with Gasteiger partial charge in [0, 0.05) is 30.2 Å². The van der Waals surface area contributed by atoms with E-state index in [9.17, 15) is 8.42 Å². The molecule has 9 heteroatoms. The van der Waals surface area contributed by atoms with Crippen molar-refractivity contribution in [2.75, 3.05) is 19.8 Å². The zero-order valence-electron chi connectivity index (χ0n) is 13.0. The van der Waals surface area contributed by atoms with Crippen LogP contribution in [0.15, 0.2) is 11.2 Å². The molecule has 0 saturated carbocycles. The van der Waals surface area contributed by atoms with E-state index in [0.29, 0.717) is 19.0 Å². The molecule has 1 heterocycles. The molecular formula is C12H23N5O2S2. The number of aliphatic imine (C=N–C) groups is 1. The van der Waals surface area contributed by atoms with Crippen LogP contribution in [-0.2, 0) is 16.6 Å². The Labute approximate surface area is 130 Å². The highest BCUT2D eigenvalue weighted by Crippen LogP contribution is 2.10. The number of nitrogens with one attached hydrogen (secondary N) is 3. The average Bonchev–Trinajstić information content (AvgIpc) is 2.72. The van der Waals surface area contributed by atoms with E-state index in [1.807, 2.05) is 13.1 Å². The number of rotatable bonds is 6. The molecule has 0 amide bonds. The predicted octanol–water partition coefficient (Wildman–Crippen LogP) is 0.444. The number of aromatic nitrogens is 1. The van der Waals surface area contributed by atoms with Crippen LogP contribution in [0.4, 0.5) is 0 Å². The summed E-state index contributed by atoms with van der Waals surface area (Å²) in [5, 5.41) is 7.22. The summed E-state index contributed by atoms with van der Waals surface area (Å²) in [6, 6.07) is 0. The van der Waals surface area contributed by atoms with E-state index in [0.717, 1.165) is 16.1 Å². The SMILES string of the molecule is CN=C(NCc1ncc(C)s1)NCC(C)(C)NS(C)(=O)=O. The fraction of sp³-hybridized carbons (Fsp3) is 0.667. The summed E-state index contributed by atoms with van der Waals surface area (Å²) >= 11 is 1.62. The van der Waals surface area contributed by atoms with Gasteiger partial charge in [0.05, 0.1) is 12.8 Å². The topological polar surface area (TPSA) is 95.5 Å². The molecule has 1 rings (SSSR count). The van der Waals surface area contributed by atoms with E-state index in [4.69, 9.17) is 0 Å². The third-order valence-electron chi connectivity index (χ3n) is 2.46. The van der Waals surface area contributed by atoms with Gasteiger partial charge >= 0.3 is 0 Å². The van der Waals surface area contributed by atoms with Crippen molar-refractivity contribution in [2.45, 2.75) is 32.9 Å². The van der Waals surface area contributed by atoms with Gasteiger partial charge in [0.15, 0.2) is 5.96 Å². The molecule has 0 fully saturated rings. The molecule has 0 aliphatic carbocycles.